The van der Waals surface area contributed by atoms with E-state index in [0.29, 0.717) is 17.0 Å². The fourth-order valence-corrected chi connectivity index (χ4v) is 1.73. The van der Waals surface area contributed by atoms with E-state index >= 15 is 0 Å². The fraction of sp³-hybridized carbons (Fsp3) is 0.286. The summed E-state index contributed by atoms with van der Waals surface area (Å²) >= 11 is 0. The number of rotatable bonds is 4. The highest BCUT2D eigenvalue weighted by atomic mass is 16.5. The Morgan fingerprint density at radius 1 is 1.33 bits per heavy atom. The molecule has 0 aliphatic carbocycles. The zero-order chi connectivity index (χ0) is 13.1. The average Bonchev–Trinajstić information content (AvgIpc) is 2.74. The molecule has 2 aromatic rings. The van der Waals surface area contributed by atoms with Gasteiger partial charge >= 0.3 is 0 Å². The van der Waals surface area contributed by atoms with Crippen molar-refractivity contribution >= 4 is 5.78 Å². The van der Waals surface area contributed by atoms with Crippen LogP contribution in [0.2, 0.25) is 0 Å². The lowest BCUT2D eigenvalue weighted by Gasteiger charge is -2.10. The standard InChI is InChI=1S/C14H16N2O2/c1-10(2)18-12-6-4-5-11(9-12)14(17)13-7-8-15-16(13)3/h4-10H,1-3H3. The predicted octanol–water partition coefficient (Wildman–Crippen LogP) is 2.44. The van der Waals surface area contributed by atoms with Gasteiger partial charge in [-0.05, 0) is 32.0 Å². The van der Waals surface area contributed by atoms with Crippen LogP contribution in [0.1, 0.15) is 29.9 Å². The fourth-order valence-electron chi connectivity index (χ4n) is 1.73. The van der Waals surface area contributed by atoms with E-state index < -0.39 is 0 Å². The van der Waals surface area contributed by atoms with Crippen LogP contribution in [0.15, 0.2) is 36.5 Å². The first-order valence-corrected chi connectivity index (χ1v) is 5.87. The Balaban J connectivity index is 2.29. The number of hydrogen-bond donors (Lipinski definition) is 0. The number of benzene rings is 1. The minimum absolute atomic E-state index is 0.0517. The van der Waals surface area contributed by atoms with Gasteiger partial charge in [0.05, 0.1) is 6.10 Å². The molecule has 0 atom stereocenters. The highest BCUT2D eigenvalue weighted by Crippen LogP contribution is 2.17. The van der Waals surface area contributed by atoms with Gasteiger partial charge in [0.1, 0.15) is 11.4 Å². The summed E-state index contributed by atoms with van der Waals surface area (Å²) in [6, 6.07) is 8.91. The van der Waals surface area contributed by atoms with E-state index in [4.69, 9.17) is 4.74 Å². The molecule has 0 fully saturated rings. The van der Waals surface area contributed by atoms with Crippen molar-refractivity contribution in [3.8, 4) is 5.75 Å². The molecule has 0 saturated heterocycles. The van der Waals surface area contributed by atoms with E-state index in [-0.39, 0.29) is 11.9 Å². The largest absolute Gasteiger partial charge is 0.491 e. The summed E-state index contributed by atoms with van der Waals surface area (Å²) in [4.78, 5) is 12.2. The van der Waals surface area contributed by atoms with E-state index in [9.17, 15) is 4.79 Å². The summed E-state index contributed by atoms with van der Waals surface area (Å²) < 4.78 is 7.15. The summed E-state index contributed by atoms with van der Waals surface area (Å²) in [6.07, 6.45) is 1.70. The molecule has 4 heteroatoms. The zero-order valence-corrected chi connectivity index (χ0v) is 10.8. The first-order chi connectivity index (χ1) is 8.58. The molecule has 0 unspecified atom stereocenters. The highest BCUT2D eigenvalue weighted by Gasteiger charge is 2.13. The van der Waals surface area contributed by atoms with Crippen LogP contribution in [0.5, 0.6) is 5.75 Å². The molecule has 2 rings (SSSR count). The number of carbonyl (C=O) groups is 1. The summed E-state index contributed by atoms with van der Waals surface area (Å²) in [7, 11) is 1.75. The van der Waals surface area contributed by atoms with Crippen molar-refractivity contribution in [3.63, 3.8) is 0 Å². The second-order valence-corrected chi connectivity index (χ2v) is 4.36. The van der Waals surface area contributed by atoms with Crippen molar-refractivity contribution < 1.29 is 9.53 Å². The average molecular weight is 244 g/mol. The Labute approximate surface area is 106 Å². The molecule has 18 heavy (non-hydrogen) atoms. The monoisotopic (exact) mass is 244 g/mol. The molecular weight excluding hydrogens is 228 g/mol. The number of hydrogen-bond acceptors (Lipinski definition) is 3. The van der Waals surface area contributed by atoms with Crippen molar-refractivity contribution in [1.82, 2.24) is 9.78 Å². The number of nitrogens with zero attached hydrogens (tertiary/aromatic N) is 2. The molecule has 0 spiro atoms. The first kappa shape index (κ1) is 12.4. The number of carbonyl (C=O) groups excluding carboxylic acids is 1. The summed E-state index contributed by atoms with van der Waals surface area (Å²) in [5.74, 6) is 0.655. The third-order valence-corrected chi connectivity index (χ3v) is 2.52. The van der Waals surface area contributed by atoms with Crippen LogP contribution in [-0.2, 0) is 7.05 Å². The highest BCUT2D eigenvalue weighted by molar-refractivity contribution is 6.08. The maximum atomic E-state index is 12.2. The zero-order valence-electron chi connectivity index (χ0n) is 10.8. The lowest BCUT2D eigenvalue weighted by molar-refractivity contribution is 0.102. The van der Waals surface area contributed by atoms with Gasteiger partial charge in [0.25, 0.3) is 0 Å². The van der Waals surface area contributed by atoms with Crippen molar-refractivity contribution in [1.29, 1.82) is 0 Å². The van der Waals surface area contributed by atoms with Gasteiger partial charge in [-0.3, -0.25) is 9.48 Å². The molecule has 0 N–H and O–H groups in total. The molecule has 1 aromatic heterocycles. The molecule has 0 amide bonds. The van der Waals surface area contributed by atoms with E-state index in [1.807, 2.05) is 26.0 Å². The van der Waals surface area contributed by atoms with Crippen LogP contribution in [0, 0.1) is 0 Å². The Kier molecular flexibility index (Phi) is 3.46. The van der Waals surface area contributed by atoms with E-state index in [1.54, 1.807) is 36.1 Å². The van der Waals surface area contributed by atoms with Crippen molar-refractivity contribution in [3.05, 3.63) is 47.8 Å². The predicted molar refractivity (Wildman–Crippen MR) is 68.8 cm³/mol. The first-order valence-electron chi connectivity index (χ1n) is 5.87. The maximum Gasteiger partial charge on any atom is 0.211 e. The molecule has 1 heterocycles. The van der Waals surface area contributed by atoms with Crippen LogP contribution < -0.4 is 4.74 Å². The van der Waals surface area contributed by atoms with Gasteiger partial charge in [-0.15, -0.1) is 0 Å². The molecule has 0 radical (unpaired) electrons. The quantitative estimate of drug-likeness (QED) is 0.776. The minimum Gasteiger partial charge on any atom is -0.491 e. The lowest BCUT2D eigenvalue weighted by Crippen LogP contribution is -2.09. The summed E-state index contributed by atoms with van der Waals surface area (Å²) in [5, 5.41) is 4.00. The Bertz CT molecular complexity index is 558. The normalized spacial score (nSPS) is 10.7. The van der Waals surface area contributed by atoms with Crippen LogP contribution in [0.25, 0.3) is 0 Å². The SMILES string of the molecule is CC(C)Oc1cccc(C(=O)c2ccnn2C)c1. The van der Waals surface area contributed by atoms with Gasteiger partial charge in [0.2, 0.25) is 5.78 Å². The molecule has 0 saturated carbocycles. The van der Waals surface area contributed by atoms with E-state index in [1.165, 1.54) is 0 Å². The molecular formula is C14H16N2O2. The van der Waals surface area contributed by atoms with Crippen LogP contribution in [0.3, 0.4) is 0 Å². The van der Waals surface area contributed by atoms with Gasteiger partial charge in [0, 0.05) is 18.8 Å². The van der Waals surface area contributed by atoms with Crippen LogP contribution >= 0.6 is 0 Å². The maximum absolute atomic E-state index is 12.2. The number of ether oxygens (including phenoxy) is 1. The second kappa shape index (κ2) is 5.04. The van der Waals surface area contributed by atoms with Gasteiger partial charge in [-0.25, -0.2) is 0 Å². The topological polar surface area (TPSA) is 44.1 Å². The summed E-state index contributed by atoms with van der Waals surface area (Å²) in [5.41, 5.74) is 1.17. The Morgan fingerprint density at radius 3 is 2.72 bits per heavy atom. The van der Waals surface area contributed by atoms with E-state index in [2.05, 4.69) is 5.10 Å². The van der Waals surface area contributed by atoms with Crippen molar-refractivity contribution in [2.75, 3.05) is 0 Å². The second-order valence-electron chi connectivity index (χ2n) is 4.36. The smallest absolute Gasteiger partial charge is 0.211 e. The molecule has 4 nitrogen and oxygen atoms in total. The Morgan fingerprint density at radius 2 is 2.11 bits per heavy atom. The van der Waals surface area contributed by atoms with Gasteiger partial charge in [0.15, 0.2) is 0 Å². The molecule has 94 valence electrons. The van der Waals surface area contributed by atoms with Crippen molar-refractivity contribution in [2.24, 2.45) is 7.05 Å². The number of aromatic nitrogens is 2. The third-order valence-electron chi connectivity index (χ3n) is 2.52. The third kappa shape index (κ3) is 2.59. The van der Waals surface area contributed by atoms with Crippen LogP contribution in [0.4, 0.5) is 0 Å². The molecule has 0 aliphatic rings. The van der Waals surface area contributed by atoms with Crippen molar-refractivity contribution in [2.45, 2.75) is 20.0 Å². The lowest BCUT2D eigenvalue weighted by atomic mass is 10.1. The molecule has 0 aliphatic heterocycles. The number of ketones is 1. The number of aryl methyl sites for hydroxylation is 1. The van der Waals surface area contributed by atoms with Gasteiger partial charge in [-0.1, -0.05) is 12.1 Å². The molecule has 0 bridgehead atoms. The van der Waals surface area contributed by atoms with Crippen LogP contribution in [-0.4, -0.2) is 21.7 Å². The van der Waals surface area contributed by atoms with Gasteiger partial charge < -0.3 is 4.74 Å². The molecule has 1 aromatic carbocycles. The van der Waals surface area contributed by atoms with Gasteiger partial charge in [-0.2, -0.15) is 5.10 Å². The van der Waals surface area contributed by atoms with E-state index in [0.717, 1.165) is 0 Å². The minimum atomic E-state index is -0.0517. The Hall–Kier alpha value is -2.10. The summed E-state index contributed by atoms with van der Waals surface area (Å²) in [6.45, 7) is 3.91.